The molecule has 20 heavy (non-hydrogen) atoms. The van der Waals surface area contributed by atoms with Gasteiger partial charge in [-0.15, -0.1) is 0 Å². The minimum atomic E-state index is -0.149. The molecule has 4 heteroatoms. The van der Waals surface area contributed by atoms with Crippen LogP contribution in [-0.2, 0) is 19.6 Å². The van der Waals surface area contributed by atoms with Crippen LogP contribution in [0.5, 0.6) is 0 Å². The molecule has 0 saturated carbocycles. The van der Waals surface area contributed by atoms with Crippen molar-refractivity contribution in [1.82, 2.24) is 4.90 Å². The van der Waals surface area contributed by atoms with Gasteiger partial charge in [-0.1, -0.05) is 24.3 Å². The number of nitriles is 1. The van der Waals surface area contributed by atoms with Crippen molar-refractivity contribution in [2.75, 3.05) is 0 Å². The number of hydrogen-bond acceptors (Lipinski definition) is 2. The van der Waals surface area contributed by atoms with Crippen LogP contribution in [0.4, 0.5) is 4.39 Å². The summed E-state index contributed by atoms with van der Waals surface area (Å²) in [6.07, 6.45) is 0. The summed E-state index contributed by atoms with van der Waals surface area (Å²) in [6.45, 7) is 2.27. The predicted molar refractivity (Wildman–Crippen MR) is 83.2 cm³/mol. The lowest BCUT2D eigenvalue weighted by molar-refractivity contribution is 0.275. The maximum absolute atomic E-state index is 13.6. The van der Waals surface area contributed by atoms with Gasteiger partial charge in [0.15, 0.2) is 0 Å². The number of rotatable bonds is 2. The number of hydrogen-bond donors (Lipinski definition) is 0. The summed E-state index contributed by atoms with van der Waals surface area (Å²) in [5.74, 6) is -0.149. The molecule has 0 atom stereocenters. The Morgan fingerprint density at radius 3 is 2.80 bits per heavy atom. The lowest BCUT2D eigenvalue weighted by atomic mass is 10.1. The summed E-state index contributed by atoms with van der Waals surface area (Å²) in [6, 6.07) is 13.3. The van der Waals surface area contributed by atoms with E-state index in [1.807, 2.05) is 30.3 Å². The van der Waals surface area contributed by atoms with Crippen LogP contribution in [0.25, 0.3) is 0 Å². The zero-order valence-electron chi connectivity index (χ0n) is 10.7. The smallest absolute Gasteiger partial charge is 0.136 e. The van der Waals surface area contributed by atoms with Gasteiger partial charge in [0.1, 0.15) is 5.82 Å². The molecule has 1 aliphatic heterocycles. The summed E-state index contributed by atoms with van der Waals surface area (Å²) < 4.78 is 14.3. The Kier molecular flexibility index (Phi) is 3.72. The molecule has 2 nitrogen and oxygen atoms in total. The van der Waals surface area contributed by atoms with E-state index in [1.54, 1.807) is 0 Å². The first kappa shape index (κ1) is 13.5. The SMILES string of the molecule is N#Cc1ccccc1CN1Cc2ccc(F)c(I)c2C1. The fourth-order valence-corrected chi connectivity index (χ4v) is 3.29. The Bertz CT molecular complexity index is 706. The minimum Gasteiger partial charge on any atom is -0.290 e. The van der Waals surface area contributed by atoms with E-state index in [2.05, 4.69) is 33.6 Å². The number of fused-ring (bicyclic) bond motifs is 1. The molecular formula is C16H12FIN2. The molecule has 0 saturated heterocycles. The van der Waals surface area contributed by atoms with Gasteiger partial charge in [-0.2, -0.15) is 5.26 Å². The molecule has 1 heterocycles. The Balaban J connectivity index is 1.83. The fraction of sp³-hybridized carbons (Fsp3) is 0.188. The molecule has 0 radical (unpaired) electrons. The minimum absolute atomic E-state index is 0.149. The average molecular weight is 378 g/mol. The van der Waals surface area contributed by atoms with Gasteiger partial charge in [-0.05, 0) is 51.4 Å². The molecule has 0 amide bonds. The van der Waals surface area contributed by atoms with Crippen molar-refractivity contribution < 1.29 is 4.39 Å². The van der Waals surface area contributed by atoms with E-state index in [0.29, 0.717) is 5.56 Å². The quantitative estimate of drug-likeness (QED) is 0.744. The summed E-state index contributed by atoms with van der Waals surface area (Å²) in [5, 5.41) is 9.13. The number of halogens is 2. The monoisotopic (exact) mass is 378 g/mol. The Hall–Kier alpha value is -1.45. The van der Waals surface area contributed by atoms with Crippen molar-refractivity contribution in [2.24, 2.45) is 0 Å². The van der Waals surface area contributed by atoms with Crippen molar-refractivity contribution in [2.45, 2.75) is 19.6 Å². The van der Waals surface area contributed by atoms with Crippen LogP contribution in [0.15, 0.2) is 36.4 Å². The summed E-state index contributed by atoms with van der Waals surface area (Å²) in [7, 11) is 0. The summed E-state index contributed by atoms with van der Waals surface area (Å²) >= 11 is 2.07. The van der Waals surface area contributed by atoms with Crippen LogP contribution in [-0.4, -0.2) is 4.90 Å². The standard InChI is InChI=1S/C16H12FIN2/c17-15-6-5-13-9-20(10-14(13)16(15)18)8-12-4-2-1-3-11(12)7-19/h1-6H,8-10H2. The topological polar surface area (TPSA) is 27.0 Å². The third-order valence-corrected chi connectivity index (χ3v) is 4.77. The van der Waals surface area contributed by atoms with Gasteiger partial charge in [-0.25, -0.2) is 4.39 Å². The molecule has 0 N–H and O–H groups in total. The molecular weight excluding hydrogens is 366 g/mol. The number of nitrogens with zero attached hydrogens (tertiary/aromatic N) is 2. The highest BCUT2D eigenvalue weighted by Gasteiger charge is 2.23. The van der Waals surface area contributed by atoms with E-state index in [-0.39, 0.29) is 5.82 Å². The van der Waals surface area contributed by atoms with E-state index in [0.717, 1.165) is 34.3 Å². The second-order valence-electron chi connectivity index (χ2n) is 4.91. The zero-order chi connectivity index (χ0) is 14.1. The maximum Gasteiger partial charge on any atom is 0.136 e. The largest absolute Gasteiger partial charge is 0.290 e. The second kappa shape index (κ2) is 5.51. The first-order valence-corrected chi connectivity index (χ1v) is 7.43. The first-order chi connectivity index (χ1) is 9.69. The first-order valence-electron chi connectivity index (χ1n) is 6.35. The molecule has 3 rings (SSSR count). The molecule has 2 aromatic rings. The lowest BCUT2D eigenvalue weighted by Crippen LogP contribution is -2.16. The van der Waals surface area contributed by atoms with Gasteiger partial charge in [0.05, 0.1) is 15.2 Å². The van der Waals surface area contributed by atoms with Crippen LogP contribution >= 0.6 is 22.6 Å². The Morgan fingerprint density at radius 2 is 2.00 bits per heavy atom. The van der Waals surface area contributed by atoms with Gasteiger partial charge in [-0.3, -0.25) is 4.90 Å². The van der Waals surface area contributed by atoms with E-state index < -0.39 is 0 Å². The summed E-state index contributed by atoms with van der Waals surface area (Å²) in [4.78, 5) is 2.24. The van der Waals surface area contributed by atoms with E-state index in [4.69, 9.17) is 5.26 Å². The van der Waals surface area contributed by atoms with Gasteiger partial charge in [0, 0.05) is 19.6 Å². The highest BCUT2D eigenvalue weighted by Crippen LogP contribution is 2.30. The predicted octanol–water partition coefficient (Wildman–Crippen LogP) is 3.82. The molecule has 0 aromatic heterocycles. The molecule has 0 spiro atoms. The third-order valence-electron chi connectivity index (χ3n) is 3.60. The third kappa shape index (κ3) is 2.43. The molecule has 1 aliphatic rings. The van der Waals surface area contributed by atoms with Gasteiger partial charge < -0.3 is 0 Å². The molecule has 0 bridgehead atoms. The van der Waals surface area contributed by atoms with Crippen LogP contribution in [0.2, 0.25) is 0 Å². The molecule has 0 aliphatic carbocycles. The van der Waals surface area contributed by atoms with Crippen molar-refractivity contribution in [3.63, 3.8) is 0 Å². The van der Waals surface area contributed by atoms with Gasteiger partial charge in [0.25, 0.3) is 0 Å². The van der Waals surface area contributed by atoms with E-state index in [9.17, 15) is 4.39 Å². The fourth-order valence-electron chi connectivity index (χ4n) is 2.59. The summed E-state index contributed by atoms with van der Waals surface area (Å²) in [5.41, 5.74) is 4.01. The van der Waals surface area contributed by atoms with Crippen LogP contribution < -0.4 is 0 Å². The van der Waals surface area contributed by atoms with Crippen molar-refractivity contribution in [1.29, 1.82) is 5.26 Å². The van der Waals surface area contributed by atoms with Crippen molar-refractivity contribution >= 4 is 22.6 Å². The average Bonchev–Trinajstić information content (AvgIpc) is 2.87. The zero-order valence-corrected chi connectivity index (χ0v) is 12.9. The molecule has 0 unspecified atom stereocenters. The Labute approximate surface area is 131 Å². The van der Waals surface area contributed by atoms with Crippen LogP contribution in [0.1, 0.15) is 22.3 Å². The van der Waals surface area contributed by atoms with E-state index >= 15 is 0 Å². The van der Waals surface area contributed by atoms with Crippen LogP contribution in [0, 0.1) is 20.7 Å². The normalized spacial score (nSPS) is 14.1. The van der Waals surface area contributed by atoms with Crippen LogP contribution in [0.3, 0.4) is 0 Å². The number of benzene rings is 2. The highest BCUT2D eigenvalue weighted by atomic mass is 127. The van der Waals surface area contributed by atoms with Crippen molar-refractivity contribution in [3.05, 3.63) is 68.0 Å². The molecule has 100 valence electrons. The van der Waals surface area contributed by atoms with Gasteiger partial charge in [0.2, 0.25) is 0 Å². The van der Waals surface area contributed by atoms with Gasteiger partial charge >= 0.3 is 0 Å². The second-order valence-corrected chi connectivity index (χ2v) is 5.99. The molecule has 2 aromatic carbocycles. The maximum atomic E-state index is 13.6. The van der Waals surface area contributed by atoms with Crippen molar-refractivity contribution in [3.8, 4) is 6.07 Å². The Morgan fingerprint density at radius 1 is 1.20 bits per heavy atom. The molecule has 0 fully saturated rings. The highest BCUT2D eigenvalue weighted by molar-refractivity contribution is 14.1. The lowest BCUT2D eigenvalue weighted by Gasteiger charge is -2.15. The van der Waals surface area contributed by atoms with E-state index in [1.165, 1.54) is 11.6 Å².